The van der Waals surface area contributed by atoms with Gasteiger partial charge < -0.3 is 5.32 Å². The molecule has 0 bridgehead atoms. The lowest BCUT2D eigenvalue weighted by Crippen LogP contribution is -2.68. The fraction of sp³-hybridized carbons (Fsp3) is 0.643. The van der Waals surface area contributed by atoms with Crippen LogP contribution in [0.4, 0.5) is 5.69 Å². The monoisotopic (exact) mass is 278 g/mol. The average Bonchev–Trinajstić information content (AvgIpc) is 2.82. The smallest absolute Gasteiger partial charge is 0.252 e. The summed E-state index contributed by atoms with van der Waals surface area (Å²) in [5, 5.41) is 7.04. The number of piperazine rings is 1. The highest BCUT2D eigenvalue weighted by Gasteiger charge is 2.45. The number of nitrogens with one attached hydrogen (secondary N) is 1. The molecule has 0 aliphatic carbocycles. The van der Waals surface area contributed by atoms with Gasteiger partial charge in [-0.1, -0.05) is 6.92 Å². The zero-order valence-electron chi connectivity index (χ0n) is 12.7. The molecule has 6 heteroatoms. The van der Waals surface area contributed by atoms with Crippen LogP contribution in [-0.2, 0) is 9.59 Å². The Balaban J connectivity index is 2.42. The predicted octanol–water partition coefficient (Wildman–Crippen LogP) is 1.48. The Bertz CT molecular complexity index is 533. The number of rotatable bonds is 3. The molecule has 1 fully saturated rings. The summed E-state index contributed by atoms with van der Waals surface area (Å²) < 4.78 is 1.79. The molecule has 6 nitrogen and oxygen atoms in total. The molecule has 110 valence electrons. The average molecular weight is 278 g/mol. The number of anilines is 1. The van der Waals surface area contributed by atoms with Crippen LogP contribution in [0.3, 0.4) is 0 Å². The summed E-state index contributed by atoms with van der Waals surface area (Å²) in [4.78, 5) is 26.4. The molecule has 1 aromatic rings. The van der Waals surface area contributed by atoms with Crippen molar-refractivity contribution in [2.45, 2.75) is 58.7 Å². The largest absolute Gasteiger partial charge is 0.340 e. The van der Waals surface area contributed by atoms with Gasteiger partial charge in [0.05, 0.1) is 11.9 Å². The number of hydrogen-bond acceptors (Lipinski definition) is 3. The van der Waals surface area contributed by atoms with Gasteiger partial charge in [-0.25, -0.2) is 0 Å². The number of nitrogens with zero attached hydrogens (tertiary/aromatic N) is 3. The van der Waals surface area contributed by atoms with Crippen LogP contribution >= 0.6 is 0 Å². The highest BCUT2D eigenvalue weighted by molar-refractivity contribution is 6.10. The first-order chi connectivity index (χ1) is 9.27. The molecule has 0 saturated carbocycles. The Hall–Kier alpha value is -1.85. The number of aromatic nitrogens is 2. The third kappa shape index (κ3) is 2.30. The zero-order valence-corrected chi connectivity index (χ0v) is 12.7. The van der Waals surface area contributed by atoms with Crippen molar-refractivity contribution in [3.8, 4) is 0 Å². The lowest BCUT2D eigenvalue weighted by atomic mass is 9.95. The van der Waals surface area contributed by atoms with Crippen LogP contribution in [0.25, 0.3) is 0 Å². The summed E-state index contributed by atoms with van der Waals surface area (Å²) in [6, 6.07) is -0.258. The Labute approximate surface area is 119 Å². The van der Waals surface area contributed by atoms with Crippen molar-refractivity contribution >= 4 is 17.5 Å². The molecule has 20 heavy (non-hydrogen) atoms. The fourth-order valence-corrected chi connectivity index (χ4v) is 2.40. The maximum atomic E-state index is 12.6. The minimum absolute atomic E-state index is 0.104. The van der Waals surface area contributed by atoms with E-state index in [2.05, 4.69) is 10.4 Å². The SMILES string of the molecule is CCC1C(=O)NC(C)(C)C(=O)N1c1cnn(C(C)C)c1. The number of carbonyl (C=O) groups is 2. The van der Waals surface area contributed by atoms with Crippen molar-refractivity contribution in [3.05, 3.63) is 12.4 Å². The lowest BCUT2D eigenvalue weighted by molar-refractivity contribution is -0.137. The quantitative estimate of drug-likeness (QED) is 0.910. The summed E-state index contributed by atoms with van der Waals surface area (Å²) >= 11 is 0. The van der Waals surface area contributed by atoms with Crippen LogP contribution in [0, 0.1) is 0 Å². The van der Waals surface area contributed by atoms with Gasteiger partial charge in [0.1, 0.15) is 11.6 Å². The van der Waals surface area contributed by atoms with E-state index in [1.807, 2.05) is 27.0 Å². The summed E-state index contributed by atoms with van der Waals surface area (Å²) in [6.45, 7) is 9.37. The second-order valence-electron chi connectivity index (χ2n) is 5.99. The molecule has 1 atom stereocenters. The van der Waals surface area contributed by atoms with E-state index in [-0.39, 0.29) is 17.9 Å². The van der Waals surface area contributed by atoms with Crippen molar-refractivity contribution in [1.29, 1.82) is 0 Å². The third-order valence-electron chi connectivity index (χ3n) is 3.59. The molecule has 1 aromatic heterocycles. The maximum Gasteiger partial charge on any atom is 0.252 e. The van der Waals surface area contributed by atoms with Crippen LogP contribution in [0.1, 0.15) is 47.1 Å². The van der Waals surface area contributed by atoms with Gasteiger partial charge in [0.2, 0.25) is 5.91 Å². The fourth-order valence-electron chi connectivity index (χ4n) is 2.40. The topological polar surface area (TPSA) is 67.2 Å². The minimum Gasteiger partial charge on any atom is -0.340 e. The van der Waals surface area contributed by atoms with Crippen LogP contribution in [-0.4, -0.2) is 33.2 Å². The Kier molecular flexibility index (Phi) is 3.58. The molecule has 2 amide bonds. The number of carbonyl (C=O) groups excluding carboxylic acids is 2. The van der Waals surface area contributed by atoms with Crippen LogP contribution in [0.15, 0.2) is 12.4 Å². The summed E-state index contributed by atoms with van der Waals surface area (Å²) in [5.41, 5.74) is -0.207. The third-order valence-corrected chi connectivity index (χ3v) is 3.59. The molecule has 0 aromatic carbocycles. The molecule has 1 N–H and O–H groups in total. The van der Waals surface area contributed by atoms with E-state index in [1.165, 1.54) is 0 Å². The highest BCUT2D eigenvalue weighted by atomic mass is 16.2. The van der Waals surface area contributed by atoms with Gasteiger partial charge in [-0.3, -0.25) is 19.2 Å². The van der Waals surface area contributed by atoms with Gasteiger partial charge in [-0.2, -0.15) is 5.10 Å². The van der Waals surface area contributed by atoms with Crippen molar-refractivity contribution in [1.82, 2.24) is 15.1 Å². The van der Waals surface area contributed by atoms with Gasteiger partial charge >= 0.3 is 0 Å². The van der Waals surface area contributed by atoms with E-state index in [9.17, 15) is 9.59 Å². The molecular weight excluding hydrogens is 256 g/mol. The summed E-state index contributed by atoms with van der Waals surface area (Å²) in [5.74, 6) is -0.221. The number of hydrogen-bond donors (Lipinski definition) is 1. The van der Waals surface area contributed by atoms with E-state index < -0.39 is 11.6 Å². The maximum absolute atomic E-state index is 12.6. The second-order valence-corrected chi connectivity index (χ2v) is 5.99. The molecule has 1 unspecified atom stereocenters. The second kappa shape index (κ2) is 4.92. The van der Waals surface area contributed by atoms with E-state index in [0.29, 0.717) is 12.1 Å². The van der Waals surface area contributed by atoms with Gasteiger partial charge in [0.15, 0.2) is 0 Å². The summed E-state index contributed by atoms with van der Waals surface area (Å²) in [6.07, 6.45) is 4.04. The number of amides is 2. The standard InChI is InChI=1S/C14H22N4O2/c1-6-11-12(19)16-14(4,5)13(20)18(11)10-7-15-17(8-10)9(2)3/h7-9,11H,6H2,1-5H3,(H,16,19). The molecule has 1 aliphatic heterocycles. The Morgan fingerprint density at radius 2 is 2.05 bits per heavy atom. The van der Waals surface area contributed by atoms with E-state index in [0.717, 1.165) is 0 Å². The van der Waals surface area contributed by atoms with Crippen molar-refractivity contribution in [2.75, 3.05) is 4.90 Å². The van der Waals surface area contributed by atoms with Crippen molar-refractivity contribution in [3.63, 3.8) is 0 Å². The first kappa shape index (κ1) is 14.6. The van der Waals surface area contributed by atoms with Gasteiger partial charge in [-0.05, 0) is 34.1 Å². The van der Waals surface area contributed by atoms with E-state index >= 15 is 0 Å². The predicted molar refractivity (Wildman–Crippen MR) is 76.4 cm³/mol. The first-order valence-corrected chi connectivity index (χ1v) is 6.97. The molecule has 2 heterocycles. The summed E-state index contributed by atoms with van der Waals surface area (Å²) in [7, 11) is 0. The van der Waals surface area contributed by atoms with Gasteiger partial charge in [0, 0.05) is 12.2 Å². The van der Waals surface area contributed by atoms with Crippen molar-refractivity contribution in [2.24, 2.45) is 0 Å². The molecule has 1 aliphatic rings. The minimum atomic E-state index is -0.886. The van der Waals surface area contributed by atoms with Crippen LogP contribution in [0.5, 0.6) is 0 Å². The normalized spacial score (nSPS) is 22.3. The molecular formula is C14H22N4O2. The van der Waals surface area contributed by atoms with Gasteiger partial charge in [-0.15, -0.1) is 0 Å². The van der Waals surface area contributed by atoms with Crippen LogP contribution in [0.2, 0.25) is 0 Å². The molecule has 1 saturated heterocycles. The Morgan fingerprint density at radius 1 is 1.40 bits per heavy atom. The van der Waals surface area contributed by atoms with Crippen LogP contribution < -0.4 is 10.2 Å². The lowest BCUT2D eigenvalue weighted by Gasteiger charge is -2.41. The van der Waals surface area contributed by atoms with Crippen molar-refractivity contribution < 1.29 is 9.59 Å². The van der Waals surface area contributed by atoms with E-state index in [4.69, 9.17) is 0 Å². The Morgan fingerprint density at radius 3 is 2.55 bits per heavy atom. The molecule has 2 rings (SSSR count). The van der Waals surface area contributed by atoms with E-state index in [1.54, 1.807) is 29.6 Å². The molecule has 0 radical (unpaired) electrons. The first-order valence-electron chi connectivity index (χ1n) is 6.97. The molecule has 0 spiro atoms. The van der Waals surface area contributed by atoms with Gasteiger partial charge in [0.25, 0.3) is 5.91 Å². The zero-order chi connectivity index (χ0) is 15.1. The highest BCUT2D eigenvalue weighted by Crippen LogP contribution is 2.27.